The number of phenolic OH excluding ortho intramolecular Hbond substituents is 1. The number of carbonyl (C=O) groups is 1. The molecule has 0 aliphatic heterocycles. The number of aromatic hydroxyl groups is 1. The molecule has 1 atom stereocenters. The third-order valence-electron chi connectivity index (χ3n) is 7.87. The summed E-state index contributed by atoms with van der Waals surface area (Å²) in [6.45, 7) is 16.6. The van der Waals surface area contributed by atoms with Crippen LogP contribution < -0.4 is 0 Å². The molecule has 1 rings (SSSR count). The van der Waals surface area contributed by atoms with Crippen LogP contribution in [0, 0.1) is 0 Å². The normalized spacial score (nSPS) is 14.1. The van der Waals surface area contributed by atoms with Crippen LogP contribution in [0.4, 0.5) is 0 Å². The minimum Gasteiger partial charge on any atom is -0.507 e. The summed E-state index contributed by atoms with van der Waals surface area (Å²) in [5.74, 6) is -0.467. The van der Waals surface area contributed by atoms with E-state index in [2.05, 4.69) is 48.5 Å². The van der Waals surface area contributed by atoms with Crippen LogP contribution in [0.1, 0.15) is 168 Å². The number of hydrogen-bond acceptors (Lipinski definition) is 2. The van der Waals surface area contributed by atoms with Gasteiger partial charge in [0.1, 0.15) is 5.75 Å². The topological polar surface area (TPSA) is 57.5 Å². The molecule has 0 saturated carbocycles. The molecule has 3 nitrogen and oxygen atoms in total. The molecule has 36 heavy (non-hydrogen) atoms. The molecule has 2 N–H and O–H groups in total. The number of benzene rings is 1. The number of phenols is 1. The lowest BCUT2D eigenvalue weighted by molar-refractivity contribution is -0.143. The van der Waals surface area contributed by atoms with Crippen LogP contribution in [-0.2, 0) is 21.0 Å². The highest BCUT2D eigenvalue weighted by Gasteiger charge is 2.37. The first-order valence-electron chi connectivity index (χ1n) is 14.9. The molecule has 0 saturated heterocycles. The highest BCUT2D eigenvalue weighted by Crippen LogP contribution is 2.43. The second-order valence-corrected chi connectivity index (χ2v) is 13.4. The molecule has 3 heteroatoms. The minimum atomic E-state index is -0.954. The van der Waals surface area contributed by atoms with Gasteiger partial charge in [0.05, 0.1) is 5.41 Å². The number of aliphatic carboxylic acids is 1. The average Bonchev–Trinajstić information content (AvgIpc) is 2.77. The van der Waals surface area contributed by atoms with E-state index in [1.807, 2.05) is 19.1 Å². The molecule has 1 aromatic carbocycles. The molecule has 0 aliphatic rings. The van der Waals surface area contributed by atoms with E-state index in [-0.39, 0.29) is 10.8 Å². The number of unbranched alkanes of at least 4 members (excludes halogenated alkanes) is 13. The van der Waals surface area contributed by atoms with E-state index in [1.165, 1.54) is 77.0 Å². The first-order chi connectivity index (χ1) is 16.7. The van der Waals surface area contributed by atoms with Crippen molar-refractivity contribution in [3.63, 3.8) is 0 Å². The van der Waals surface area contributed by atoms with Gasteiger partial charge in [-0.2, -0.15) is 0 Å². The number of carboxylic acid groups (broad SMARTS) is 1. The molecule has 1 unspecified atom stereocenters. The van der Waals surface area contributed by atoms with Gasteiger partial charge in [-0.15, -0.1) is 0 Å². The quantitative estimate of drug-likeness (QED) is 0.208. The van der Waals surface area contributed by atoms with Crippen LogP contribution in [0.2, 0.25) is 0 Å². The average molecular weight is 503 g/mol. The first kappa shape index (κ1) is 32.5. The minimum absolute atomic E-state index is 0.269. The SMILES string of the molecule is CCCCCCCCCCCCCCCCC(C)(C(=O)O)c1cc(C(C)(C)C)c(O)c(C(C)(C)C)c1. The summed E-state index contributed by atoms with van der Waals surface area (Å²) < 4.78 is 0. The zero-order valence-corrected chi connectivity index (χ0v) is 25.1. The maximum Gasteiger partial charge on any atom is 0.313 e. The molecule has 0 amide bonds. The van der Waals surface area contributed by atoms with Gasteiger partial charge < -0.3 is 10.2 Å². The van der Waals surface area contributed by atoms with Gasteiger partial charge in [0, 0.05) is 0 Å². The third-order valence-corrected chi connectivity index (χ3v) is 7.87. The fourth-order valence-electron chi connectivity index (χ4n) is 5.14. The summed E-state index contributed by atoms with van der Waals surface area (Å²) in [5, 5.41) is 21.3. The maximum atomic E-state index is 12.5. The summed E-state index contributed by atoms with van der Waals surface area (Å²) >= 11 is 0. The van der Waals surface area contributed by atoms with E-state index in [4.69, 9.17) is 0 Å². The lowest BCUT2D eigenvalue weighted by atomic mass is 9.72. The molecule has 1 aromatic rings. The Morgan fingerprint density at radius 2 is 0.972 bits per heavy atom. The molecule has 0 radical (unpaired) electrons. The zero-order valence-electron chi connectivity index (χ0n) is 25.1. The van der Waals surface area contributed by atoms with Gasteiger partial charge in [-0.25, -0.2) is 0 Å². The lowest BCUT2D eigenvalue weighted by Crippen LogP contribution is -2.33. The summed E-state index contributed by atoms with van der Waals surface area (Å²) in [4.78, 5) is 12.5. The Labute approximate surface area is 223 Å². The van der Waals surface area contributed by atoms with Crippen LogP contribution in [0.5, 0.6) is 5.75 Å². The smallest absolute Gasteiger partial charge is 0.313 e. The van der Waals surface area contributed by atoms with Crippen molar-refractivity contribution in [3.05, 3.63) is 28.8 Å². The van der Waals surface area contributed by atoms with Crippen molar-refractivity contribution >= 4 is 5.97 Å². The van der Waals surface area contributed by atoms with Crippen molar-refractivity contribution in [1.29, 1.82) is 0 Å². The Balaban J connectivity index is 2.62. The molecule has 0 aliphatic carbocycles. The van der Waals surface area contributed by atoms with E-state index < -0.39 is 11.4 Å². The first-order valence-corrected chi connectivity index (χ1v) is 14.9. The molecule has 0 bridgehead atoms. The van der Waals surface area contributed by atoms with Gasteiger partial charge in [-0.1, -0.05) is 150 Å². The Bertz CT molecular complexity index is 746. The highest BCUT2D eigenvalue weighted by atomic mass is 16.4. The predicted octanol–water partition coefficient (Wildman–Crippen LogP) is 10.2. The van der Waals surface area contributed by atoms with Crippen molar-refractivity contribution in [1.82, 2.24) is 0 Å². The molecule has 208 valence electrons. The highest BCUT2D eigenvalue weighted by molar-refractivity contribution is 5.81. The fourth-order valence-corrected chi connectivity index (χ4v) is 5.14. The van der Waals surface area contributed by atoms with E-state index in [1.54, 1.807) is 0 Å². The number of carboxylic acids is 1. The summed E-state index contributed by atoms with van der Waals surface area (Å²) in [6, 6.07) is 3.89. The van der Waals surface area contributed by atoms with Gasteiger partial charge in [-0.3, -0.25) is 4.79 Å². The van der Waals surface area contributed by atoms with Gasteiger partial charge in [0.25, 0.3) is 0 Å². The van der Waals surface area contributed by atoms with Crippen molar-refractivity contribution < 1.29 is 15.0 Å². The van der Waals surface area contributed by atoms with Crippen LogP contribution in [0.15, 0.2) is 12.1 Å². The zero-order chi connectivity index (χ0) is 27.4. The molecular weight excluding hydrogens is 444 g/mol. The van der Waals surface area contributed by atoms with Crippen LogP contribution in [0.3, 0.4) is 0 Å². The van der Waals surface area contributed by atoms with Crippen molar-refractivity contribution in [2.75, 3.05) is 0 Å². The summed E-state index contributed by atoms with van der Waals surface area (Å²) in [6.07, 6.45) is 18.7. The van der Waals surface area contributed by atoms with E-state index in [9.17, 15) is 15.0 Å². The van der Waals surface area contributed by atoms with E-state index in [0.717, 1.165) is 29.5 Å². The van der Waals surface area contributed by atoms with Crippen molar-refractivity contribution in [3.8, 4) is 5.75 Å². The standard InChI is InChI=1S/C33H58O3/c1-9-10-11-12-13-14-15-16-17-18-19-20-21-22-23-33(8,30(35)36)26-24-27(31(2,3)4)29(34)28(25-26)32(5,6)7/h24-25,34H,9-23H2,1-8H3,(H,35,36). The second kappa shape index (κ2) is 15.0. The van der Waals surface area contributed by atoms with Gasteiger partial charge >= 0.3 is 5.97 Å². The van der Waals surface area contributed by atoms with Gasteiger partial charge in [0.15, 0.2) is 0 Å². The van der Waals surface area contributed by atoms with Gasteiger partial charge in [-0.05, 0) is 40.9 Å². The van der Waals surface area contributed by atoms with Gasteiger partial charge in [0.2, 0.25) is 0 Å². The summed E-state index contributed by atoms with van der Waals surface area (Å²) in [5.41, 5.74) is 0.988. The molecule has 0 aromatic heterocycles. The van der Waals surface area contributed by atoms with Crippen LogP contribution in [-0.4, -0.2) is 16.2 Å². The number of hydrogen-bond donors (Lipinski definition) is 2. The monoisotopic (exact) mass is 502 g/mol. The largest absolute Gasteiger partial charge is 0.507 e. The maximum absolute atomic E-state index is 12.5. The molecule has 0 heterocycles. The van der Waals surface area contributed by atoms with Crippen LogP contribution in [0.25, 0.3) is 0 Å². The molecule has 0 spiro atoms. The molecule has 0 fully saturated rings. The predicted molar refractivity (Wildman–Crippen MR) is 155 cm³/mol. The Kier molecular flexibility index (Phi) is 13.6. The van der Waals surface area contributed by atoms with E-state index in [0.29, 0.717) is 12.2 Å². The Morgan fingerprint density at radius 3 is 1.28 bits per heavy atom. The Hall–Kier alpha value is -1.51. The third kappa shape index (κ3) is 10.5. The van der Waals surface area contributed by atoms with E-state index >= 15 is 0 Å². The van der Waals surface area contributed by atoms with Crippen LogP contribution >= 0.6 is 0 Å². The second-order valence-electron chi connectivity index (χ2n) is 13.4. The lowest BCUT2D eigenvalue weighted by Gasteiger charge is -2.32. The van der Waals surface area contributed by atoms with Crippen molar-refractivity contribution in [2.24, 2.45) is 0 Å². The fraction of sp³-hybridized carbons (Fsp3) is 0.788. The number of rotatable bonds is 17. The molecular formula is C33H58O3. The summed E-state index contributed by atoms with van der Waals surface area (Å²) in [7, 11) is 0. The Morgan fingerprint density at radius 1 is 0.639 bits per heavy atom. The van der Waals surface area contributed by atoms with Crippen molar-refractivity contribution in [2.45, 2.75) is 168 Å².